The Bertz CT molecular complexity index is 415. The van der Waals surface area contributed by atoms with Gasteiger partial charge in [0, 0.05) is 0 Å². The summed E-state index contributed by atoms with van der Waals surface area (Å²) in [6.45, 7) is 0. The Hall–Kier alpha value is -1.47. The Morgan fingerprint density at radius 3 is 2.71 bits per heavy atom. The largest absolute Gasteiger partial charge is 0.507 e. The molecule has 1 aromatic rings. The van der Waals surface area contributed by atoms with Gasteiger partial charge in [0.05, 0.1) is 16.5 Å². The van der Waals surface area contributed by atoms with Gasteiger partial charge in [-0.1, -0.05) is 27.8 Å². The molecule has 0 aliphatic heterocycles. The minimum absolute atomic E-state index is 0.0480. The van der Waals surface area contributed by atoms with Crippen molar-refractivity contribution in [2.24, 2.45) is 0 Å². The Labute approximate surface area is 89.5 Å². The summed E-state index contributed by atoms with van der Waals surface area (Å²) in [5.41, 5.74) is 0.473. The first-order chi connectivity index (χ1) is 6.65. The number of benzene rings is 1. The number of aromatic carboxylic acids is 1. The molecule has 4 heteroatoms. The zero-order valence-corrected chi connectivity index (χ0v) is 8.71. The van der Waals surface area contributed by atoms with Crippen LogP contribution in [0.1, 0.15) is 15.9 Å². The van der Waals surface area contributed by atoms with Crippen molar-refractivity contribution in [3.05, 3.63) is 29.3 Å². The molecule has 14 heavy (non-hydrogen) atoms. The van der Waals surface area contributed by atoms with Gasteiger partial charge in [0.2, 0.25) is 0 Å². The molecule has 0 heterocycles. The average Bonchev–Trinajstić information content (AvgIpc) is 2.15. The molecule has 1 rings (SSSR count). The normalized spacial score (nSPS) is 8.93. The molecule has 0 unspecified atom stereocenters. The summed E-state index contributed by atoms with van der Waals surface area (Å²) in [7, 11) is 0. The fraction of sp³-hybridized carbons (Fsp3) is 0.100. The second-order valence-electron chi connectivity index (χ2n) is 2.47. The van der Waals surface area contributed by atoms with Crippen molar-refractivity contribution in [3.63, 3.8) is 0 Å². The summed E-state index contributed by atoms with van der Waals surface area (Å²) in [6, 6.07) is 4.06. The third-order valence-electron chi connectivity index (χ3n) is 1.53. The van der Waals surface area contributed by atoms with Gasteiger partial charge in [-0.25, -0.2) is 4.79 Å². The maximum atomic E-state index is 10.5. The van der Waals surface area contributed by atoms with E-state index in [2.05, 4.69) is 27.8 Å². The van der Waals surface area contributed by atoms with Crippen LogP contribution >= 0.6 is 15.9 Å². The van der Waals surface area contributed by atoms with Gasteiger partial charge >= 0.3 is 5.97 Å². The number of phenols is 1. The van der Waals surface area contributed by atoms with Crippen LogP contribution in [0.5, 0.6) is 5.75 Å². The third kappa shape index (κ3) is 2.51. The Morgan fingerprint density at radius 2 is 2.21 bits per heavy atom. The number of carboxylic acids is 1. The van der Waals surface area contributed by atoms with E-state index in [4.69, 9.17) is 5.11 Å². The number of alkyl halides is 1. The van der Waals surface area contributed by atoms with Gasteiger partial charge in [-0.15, -0.1) is 0 Å². The Kier molecular flexibility index (Phi) is 3.55. The highest BCUT2D eigenvalue weighted by atomic mass is 79.9. The summed E-state index contributed by atoms with van der Waals surface area (Å²) < 4.78 is 0. The summed E-state index contributed by atoms with van der Waals surface area (Å²) in [5, 5.41) is 18.5. The maximum Gasteiger partial charge on any atom is 0.335 e. The molecule has 0 aliphatic carbocycles. The molecular weight excluding hydrogens is 248 g/mol. The zero-order valence-electron chi connectivity index (χ0n) is 7.12. The lowest BCUT2D eigenvalue weighted by atomic mass is 10.1. The summed E-state index contributed by atoms with van der Waals surface area (Å²) in [5.74, 6) is 4.22. The molecule has 0 aromatic heterocycles. The van der Waals surface area contributed by atoms with Crippen LogP contribution in [0.2, 0.25) is 0 Å². The molecule has 0 fully saturated rings. The van der Waals surface area contributed by atoms with E-state index >= 15 is 0 Å². The SMILES string of the molecule is O=C(O)c1ccc(C#CCBr)c(O)c1. The first-order valence-electron chi connectivity index (χ1n) is 3.76. The van der Waals surface area contributed by atoms with Crippen molar-refractivity contribution in [1.82, 2.24) is 0 Å². The Morgan fingerprint density at radius 1 is 1.50 bits per heavy atom. The van der Waals surface area contributed by atoms with Crippen LogP contribution < -0.4 is 0 Å². The van der Waals surface area contributed by atoms with Gasteiger partial charge in [0.15, 0.2) is 0 Å². The molecule has 0 saturated carbocycles. The van der Waals surface area contributed by atoms with Gasteiger partial charge in [0.1, 0.15) is 5.75 Å². The molecule has 1 aromatic carbocycles. The topological polar surface area (TPSA) is 57.5 Å². The van der Waals surface area contributed by atoms with Crippen molar-refractivity contribution >= 4 is 21.9 Å². The van der Waals surface area contributed by atoms with E-state index in [1.54, 1.807) is 0 Å². The standard InChI is InChI=1S/C10H7BrO3/c11-5-1-2-7-3-4-8(10(13)14)6-9(7)12/h3-4,6,12H,5H2,(H,13,14). The molecule has 3 nitrogen and oxygen atoms in total. The highest BCUT2D eigenvalue weighted by Crippen LogP contribution is 2.17. The van der Waals surface area contributed by atoms with Crippen molar-refractivity contribution in [2.45, 2.75) is 0 Å². The van der Waals surface area contributed by atoms with Gasteiger partial charge < -0.3 is 10.2 Å². The second-order valence-corrected chi connectivity index (χ2v) is 3.03. The highest BCUT2D eigenvalue weighted by molar-refractivity contribution is 9.09. The number of hydrogen-bond donors (Lipinski definition) is 2. The second kappa shape index (κ2) is 4.68. The molecule has 72 valence electrons. The van der Waals surface area contributed by atoms with Crippen molar-refractivity contribution in [3.8, 4) is 17.6 Å². The predicted molar refractivity (Wildman–Crippen MR) is 55.7 cm³/mol. The molecule has 0 spiro atoms. The lowest BCUT2D eigenvalue weighted by Gasteiger charge is -1.98. The molecule has 0 radical (unpaired) electrons. The number of rotatable bonds is 1. The van der Waals surface area contributed by atoms with E-state index in [0.717, 1.165) is 0 Å². The van der Waals surface area contributed by atoms with E-state index in [1.165, 1.54) is 18.2 Å². The third-order valence-corrected chi connectivity index (χ3v) is 1.81. The lowest BCUT2D eigenvalue weighted by molar-refractivity contribution is 0.0696. The Balaban J connectivity index is 3.07. The summed E-state index contributed by atoms with van der Waals surface area (Å²) in [6.07, 6.45) is 0. The number of carboxylic acid groups (broad SMARTS) is 1. The van der Waals surface area contributed by atoms with Crippen LogP contribution in [0, 0.1) is 11.8 Å². The van der Waals surface area contributed by atoms with Crippen LogP contribution in [0.25, 0.3) is 0 Å². The molecule has 0 amide bonds. The van der Waals surface area contributed by atoms with Crippen molar-refractivity contribution in [2.75, 3.05) is 5.33 Å². The van der Waals surface area contributed by atoms with Crippen LogP contribution in [0.3, 0.4) is 0 Å². The lowest BCUT2D eigenvalue weighted by Crippen LogP contribution is -1.95. The monoisotopic (exact) mass is 254 g/mol. The van der Waals surface area contributed by atoms with Crippen LogP contribution in [-0.4, -0.2) is 21.5 Å². The quantitative estimate of drug-likeness (QED) is 0.594. The van der Waals surface area contributed by atoms with Crippen molar-refractivity contribution in [1.29, 1.82) is 0 Å². The fourth-order valence-corrected chi connectivity index (χ4v) is 1.04. The highest BCUT2D eigenvalue weighted by Gasteiger charge is 2.05. The molecular formula is C10H7BrO3. The zero-order chi connectivity index (χ0) is 10.6. The average molecular weight is 255 g/mol. The van der Waals surface area contributed by atoms with E-state index in [9.17, 15) is 9.90 Å². The number of phenolic OH excluding ortho intramolecular Hbond substituents is 1. The molecule has 0 saturated heterocycles. The van der Waals surface area contributed by atoms with Gasteiger partial charge in [0.25, 0.3) is 0 Å². The fourth-order valence-electron chi connectivity index (χ4n) is 0.899. The first kappa shape index (κ1) is 10.6. The molecule has 0 bridgehead atoms. The van der Waals surface area contributed by atoms with Crippen molar-refractivity contribution < 1.29 is 15.0 Å². The number of aromatic hydroxyl groups is 1. The predicted octanol–water partition coefficient (Wildman–Crippen LogP) is 1.84. The van der Waals surface area contributed by atoms with Gasteiger partial charge in [-0.3, -0.25) is 0 Å². The van der Waals surface area contributed by atoms with Gasteiger partial charge in [-0.2, -0.15) is 0 Å². The molecule has 0 atom stereocenters. The van der Waals surface area contributed by atoms with Gasteiger partial charge in [-0.05, 0) is 18.2 Å². The first-order valence-corrected chi connectivity index (χ1v) is 4.88. The number of carbonyl (C=O) groups is 1. The minimum Gasteiger partial charge on any atom is -0.507 e. The smallest absolute Gasteiger partial charge is 0.335 e. The van der Waals surface area contributed by atoms with E-state index in [1.807, 2.05) is 0 Å². The minimum atomic E-state index is -1.07. The molecule has 2 N–H and O–H groups in total. The maximum absolute atomic E-state index is 10.5. The van der Waals surface area contributed by atoms with Crippen LogP contribution in [0.15, 0.2) is 18.2 Å². The van der Waals surface area contributed by atoms with E-state index in [0.29, 0.717) is 10.9 Å². The van der Waals surface area contributed by atoms with E-state index < -0.39 is 5.97 Å². The van der Waals surface area contributed by atoms with Crippen LogP contribution in [0.4, 0.5) is 0 Å². The van der Waals surface area contributed by atoms with E-state index in [-0.39, 0.29) is 11.3 Å². The number of hydrogen-bond acceptors (Lipinski definition) is 2. The number of halogens is 1. The molecule has 0 aliphatic rings. The summed E-state index contributed by atoms with van der Waals surface area (Å²) >= 11 is 3.12. The van der Waals surface area contributed by atoms with Crippen LogP contribution in [-0.2, 0) is 0 Å². The summed E-state index contributed by atoms with van der Waals surface area (Å²) in [4.78, 5) is 10.5.